The van der Waals surface area contributed by atoms with Gasteiger partial charge in [0, 0.05) is 74.5 Å². The molecule has 3 aliphatic heterocycles. The molecule has 0 saturated carbocycles. The van der Waals surface area contributed by atoms with Crippen LogP contribution in [0.4, 0.5) is 9.59 Å². The molecule has 0 bridgehead atoms. The molecule has 0 radical (unpaired) electrons. The molecular formula is C32H49Br2ClN6O7S2. The van der Waals surface area contributed by atoms with Gasteiger partial charge in [0.15, 0.2) is 11.0 Å². The Morgan fingerprint density at radius 1 is 0.780 bits per heavy atom. The Balaban J connectivity index is 0.000000261. The third kappa shape index (κ3) is 16.5. The van der Waals surface area contributed by atoms with E-state index < -0.39 is 5.60 Å². The zero-order valence-electron chi connectivity index (χ0n) is 29.4. The number of carbonyl (C=O) groups is 2. The maximum absolute atomic E-state index is 12.0. The number of oxime groups is 2. The zero-order chi connectivity index (χ0) is 37.3. The number of nitrogens with one attached hydrogen (secondary N) is 1. The van der Waals surface area contributed by atoms with Crippen molar-refractivity contribution in [3.05, 3.63) is 41.6 Å². The summed E-state index contributed by atoms with van der Waals surface area (Å²) >= 11 is 15.1. The van der Waals surface area contributed by atoms with Crippen molar-refractivity contribution in [2.24, 2.45) is 10.3 Å². The topological polar surface area (TPSA) is 149 Å². The Kier molecular flexibility index (Phi) is 19.4. The van der Waals surface area contributed by atoms with Crippen LogP contribution < -0.4 is 5.32 Å². The van der Waals surface area contributed by atoms with E-state index in [1.165, 1.54) is 35.5 Å². The van der Waals surface area contributed by atoms with Gasteiger partial charge in [0.2, 0.25) is 0 Å². The lowest BCUT2D eigenvalue weighted by Gasteiger charge is -2.36. The van der Waals surface area contributed by atoms with Gasteiger partial charge in [-0.1, -0.05) is 21.9 Å². The summed E-state index contributed by atoms with van der Waals surface area (Å²) < 4.78 is 17.3. The monoisotopic (exact) mass is 886 g/mol. The van der Waals surface area contributed by atoms with Crippen LogP contribution in [0.25, 0.3) is 0 Å². The van der Waals surface area contributed by atoms with Crippen molar-refractivity contribution in [2.75, 3.05) is 65.6 Å². The van der Waals surface area contributed by atoms with Crippen molar-refractivity contribution in [1.29, 1.82) is 0 Å². The second-order valence-electron chi connectivity index (χ2n) is 13.0. The van der Waals surface area contributed by atoms with E-state index in [4.69, 9.17) is 31.0 Å². The summed E-state index contributed by atoms with van der Waals surface area (Å²) in [4.78, 5) is 30.5. The summed E-state index contributed by atoms with van der Waals surface area (Å²) in [7, 11) is 0. The van der Waals surface area contributed by atoms with Gasteiger partial charge in [-0.25, -0.2) is 9.59 Å². The Hall–Kier alpha value is -2.15. The minimum atomic E-state index is -0.492. The van der Waals surface area contributed by atoms with Gasteiger partial charge in [-0.2, -0.15) is 0 Å². The molecule has 2 amide bonds. The number of thiophene rings is 2. The molecule has 0 atom stereocenters. The van der Waals surface area contributed by atoms with Gasteiger partial charge in [0.25, 0.3) is 0 Å². The lowest BCUT2D eigenvalue weighted by Crippen LogP contribution is -2.51. The minimum Gasteiger partial charge on any atom is -0.444 e. The van der Waals surface area contributed by atoms with Crippen molar-refractivity contribution in [3.63, 3.8) is 0 Å². The average Bonchev–Trinajstić information content (AvgIpc) is 3.86. The minimum absolute atomic E-state index is 0.113. The predicted octanol–water partition coefficient (Wildman–Crippen LogP) is 7.71. The number of rotatable bonds is 2. The van der Waals surface area contributed by atoms with E-state index >= 15 is 0 Å². The van der Waals surface area contributed by atoms with Crippen molar-refractivity contribution >= 4 is 89.3 Å². The fourth-order valence-corrected chi connectivity index (χ4v) is 7.65. The molecule has 5 rings (SSSR count). The third-order valence-electron chi connectivity index (χ3n) is 6.63. The smallest absolute Gasteiger partial charge is 0.410 e. The highest BCUT2D eigenvalue weighted by Crippen LogP contribution is 2.26. The maximum atomic E-state index is 12.0. The Bertz CT molecular complexity index is 1370. The zero-order valence-corrected chi connectivity index (χ0v) is 35.0. The van der Waals surface area contributed by atoms with Crippen LogP contribution in [0.5, 0.6) is 0 Å². The molecule has 5 heterocycles. The molecule has 3 saturated heterocycles. The summed E-state index contributed by atoms with van der Waals surface area (Å²) in [5.74, 6) is 0.533. The fourth-order valence-electron chi connectivity index (χ4n) is 4.30. The lowest BCUT2D eigenvalue weighted by molar-refractivity contribution is 0.0184. The number of hydrogen-bond acceptors (Lipinski definition) is 12. The van der Waals surface area contributed by atoms with Crippen molar-refractivity contribution in [1.82, 2.24) is 20.0 Å². The van der Waals surface area contributed by atoms with E-state index in [0.29, 0.717) is 32.0 Å². The lowest BCUT2D eigenvalue weighted by atomic mass is 10.2. The average molecular weight is 889 g/mol. The number of nitrogens with zero attached hydrogens (tertiary/aromatic N) is 5. The molecule has 3 aliphatic rings. The van der Waals surface area contributed by atoms with Crippen LogP contribution in [-0.4, -0.2) is 125 Å². The molecular weight excluding hydrogens is 840 g/mol. The quantitative estimate of drug-likeness (QED) is 0.119. The number of amidine groups is 1. The molecule has 18 heteroatoms. The van der Waals surface area contributed by atoms with Gasteiger partial charge in [-0.15, -0.1) is 22.7 Å². The van der Waals surface area contributed by atoms with Gasteiger partial charge in [0.05, 0.1) is 9.75 Å². The summed E-state index contributed by atoms with van der Waals surface area (Å²) in [6.45, 7) is 18.7. The van der Waals surface area contributed by atoms with Gasteiger partial charge in [-0.3, -0.25) is 0 Å². The molecule has 13 nitrogen and oxygen atoms in total. The molecule has 0 unspecified atom stereocenters. The first kappa shape index (κ1) is 44.0. The largest absolute Gasteiger partial charge is 0.444 e. The van der Waals surface area contributed by atoms with Crippen LogP contribution in [-0.2, 0) is 14.2 Å². The highest BCUT2D eigenvalue weighted by Gasteiger charge is 2.28. The first-order chi connectivity index (χ1) is 23.6. The highest BCUT2D eigenvalue weighted by atomic mass is 79.9. The van der Waals surface area contributed by atoms with Gasteiger partial charge >= 0.3 is 12.2 Å². The van der Waals surface area contributed by atoms with Crippen molar-refractivity contribution < 1.29 is 34.2 Å². The van der Waals surface area contributed by atoms with Crippen LogP contribution in [0.2, 0.25) is 0 Å². The molecule has 3 N–H and O–H groups in total. The molecule has 2 aromatic rings. The van der Waals surface area contributed by atoms with Crippen LogP contribution in [0.3, 0.4) is 0 Å². The van der Waals surface area contributed by atoms with E-state index in [9.17, 15) is 14.8 Å². The Labute approximate surface area is 324 Å². The first-order valence-corrected chi connectivity index (χ1v) is 19.8. The number of piperazine rings is 2. The van der Waals surface area contributed by atoms with E-state index in [-0.39, 0.29) is 23.0 Å². The molecule has 0 spiro atoms. The van der Waals surface area contributed by atoms with Gasteiger partial charge < -0.3 is 44.6 Å². The molecule has 282 valence electrons. The van der Waals surface area contributed by atoms with Crippen molar-refractivity contribution in [3.8, 4) is 0 Å². The predicted molar refractivity (Wildman–Crippen MR) is 207 cm³/mol. The maximum Gasteiger partial charge on any atom is 0.410 e. The van der Waals surface area contributed by atoms with Crippen LogP contribution >= 0.6 is 66.1 Å². The second-order valence-corrected chi connectivity index (χ2v) is 16.9. The van der Waals surface area contributed by atoms with Crippen LogP contribution in [0.1, 0.15) is 64.1 Å². The summed E-state index contributed by atoms with van der Waals surface area (Å²) in [6, 6.07) is 3.76. The molecule has 50 heavy (non-hydrogen) atoms. The number of carbonyl (C=O) groups excluding carboxylic acids is 2. The van der Waals surface area contributed by atoms with Crippen LogP contribution in [0, 0.1) is 0 Å². The molecule has 3 fully saturated rings. The van der Waals surface area contributed by atoms with Crippen LogP contribution in [0.15, 0.2) is 42.1 Å². The normalized spacial score (nSPS) is 17.0. The number of hydrogen-bond donors (Lipinski definition) is 3. The number of amides is 2. The van der Waals surface area contributed by atoms with Gasteiger partial charge in [0.1, 0.15) is 11.2 Å². The summed E-state index contributed by atoms with van der Waals surface area (Å²) in [5.41, 5.74) is -0.879. The Morgan fingerprint density at radius 3 is 1.58 bits per heavy atom. The molecule has 0 aromatic carbocycles. The van der Waals surface area contributed by atoms with E-state index in [1.807, 2.05) is 69.3 Å². The number of halogens is 3. The Morgan fingerprint density at radius 2 is 1.22 bits per heavy atom. The second kappa shape index (κ2) is 22.0. The van der Waals surface area contributed by atoms with Crippen molar-refractivity contribution in [2.45, 2.75) is 65.6 Å². The van der Waals surface area contributed by atoms with E-state index in [1.54, 1.807) is 9.80 Å². The standard InChI is InChI=1S/C14H20BrN3O3S.C9H18N2O2.C5H3BrClNOS.C4H8O/c1-14(2,3)21-13(19)18-7-5-17(6-8-18)12(16-20)11-10(15)4-9-22-11;1-9(2,3)13-8(12)11-6-4-10-5-7-11;6-3-1-2-10-4(3)5(7)8-9;1-2-4-5-3-1/h4,9,20H,5-8H2,1-3H3;10H,4-7H2,1-3H3;1-2,9H;1-4H2/b16-12-;;8-5-;. The molecule has 2 aromatic heterocycles. The van der Waals surface area contributed by atoms with Gasteiger partial charge in [-0.05, 0) is 109 Å². The first-order valence-electron chi connectivity index (χ1n) is 16.1. The number of ether oxygens (including phenoxy) is 3. The van der Waals surface area contributed by atoms with E-state index in [0.717, 1.165) is 58.1 Å². The summed E-state index contributed by atoms with van der Waals surface area (Å²) in [5, 5.41) is 31.0. The molecule has 0 aliphatic carbocycles. The summed E-state index contributed by atoms with van der Waals surface area (Å²) in [6.07, 6.45) is 2.06. The fraction of sp³-hybridized carbons (Fsp3) is 0.625. The third-order valence-corrected chi connectivity index (χ3v) is 10.7. The highest BCUT2D eigenvalue weighted by molar-refractivity contribution is 9.11. The SMILES string of the molecule is C1CCOC1.CC(C)(C)OC(=O)N1CCN(/C(=N\O)c2sccc2Br)CC1.CC(C)(C)OC(=O)N1CCNCC1.O/N=C(\Cl)c1sccc1Br. The van der Waals surface area contributed by atoms with E-state index in [2.05, 4.69) is 47.5 Å².